The molecular weight excluding hydrogens is 226 g/mol. The van der Waals surface area contributed by atoms with Gasteiger partial charge < -0.3 is 10.6 Å². The number of nitrogens with zero attached hydrogens (tertiary/aromatic N) is 4. The second kappa shape index (κ2) is 4.63. The Balaban J connectivity index is 1.73. The van der Waals surface area contributed by atoms with Gasteiger partial charge in [-0.1, -0.05) is 6.92 Å². The van der Waals surface area contributed by atoms with Crippen molar-refractivity contribution in [2.24, 2.45) is 16.6 Å². The summed E-state index contributed by atoms with van der Waals surface area (Å²) in [5, 5.41) is 4.40. The molecule has 0 spiro atoms. The van der Waals surface area contributed by atoms with E-state index in [0.717, 1.165) is 32.0 Å². The fourth-order valence-corrected chi connectivity index (χ4v) is 2.52. The largest absolute Gasteiger partial charge is 0.370 e. The lowest BCUT2D eigenvalue weighted by molar-refractivity contribution is 0.333. The molecule has 0 aromatic carbocycles. The number of hydrogen-bond acceptors (Lipinski definition) is 4. The lowest BCUT2D eigenvalue weighted by Crippen LogP contribution is -2.37. The first-order valence-corrected chi connectivity index (χ1v) is 6.87. The van der Waals surface area contributed by atoms with Crippen LogP contribution in [0.5, 0.6) is 0 Å². The van der Waals surface area contributed by atoms with Crippen LogP contribution in [0.25, 0.3) is 0 Å². The molecule has 1 saturated carbocycles. The third-order valence-electron chi connectivity index (χ3n) is 3.74. The molecule has 1 aromatic rings. The Kier molecular flexibility index (Phi) is 2.97. The van der Waals surface area contributed by atoms with Crippen LogP contribution in [-0.2, 0) is 6.54 Å². The van der Waals surface area contributed by atoms with Gasteiger partial charge in [0.15, 0.2) is 5.96 Å². The Morgan fingerprint density at radius 2 is 2.28 bits per heavy atom. The maximum Gasteiger partial charge on any atom is 0.191 e. The normalized spacial score (nSPS) is 23.5. The molecule has 5 heteroatoms. The molecule has 2 heterocycles. The molecular formula is C13H21N5. The summed E-state index contributed by atoms with van der Waals surface area (Å²) in [4.78, 5) is 6.65. The fourth-order valence-electron chi connectivity index (χ4n) is 2.52. The van der Waals surface area contributed by atoms with Crippen molar-refractivity contribution in [1.82, 2.24) is 14.7 Å². The number of guanidine groups is 1. The van der Waals surface area contributed by atoms with E-state index in [2.05, 4.69) is 28.1 Å². The Labute approximate surface area is 108 Å². The van der Waals surface area contributed by atoms with Crippen LogP contribution in [0.2, 0.25) is 0 Å². The van der Waals surface area contributed by atoms with E-state index in [1.165, 1.54) is 18.4 Å². The molecule has 1 aliphatic carbocycles. The minimum Gasteiger partial charge on any atom is -0.370 e. The minimum atomic E-state index is 0.302. The number of aliphatic imine (C=N–C) groups is 1. The first-order chi connectivity index (χ1) is 8.78. The van der Waals surface area contributed by atoms with Crippen molar-refractivity contribution in [3.8, 4) is 0 Å². The molecule has 1 aromatic heterocycles. The molecule has 98 valence electrons. The summed E-state index contributed by atoms with van der Waals surface area (Å²) in [6.45, 7) is 4.97. The Bertz CT molecular complexity index is 446. The van der Waals surface area contributed by atoms with E-state index < -0.39 is 0 Å². The zero-order valence-corrected chi connectivity index (χ0v) is 10.9. The number of aryl methyl sites for hydroxylation is 1. The summed E-state index contributed by atoms with van der Waals surface area (Å²) in [5.41, 5.74) is 7.24. The Morgan fingerprint density at radius 3 is 3.00 bits per heavy atom. The molecule has 0 radical (unpaired) electrons. The fraction of sp³-hybridized carbons (Fsp3) is 0.692. The van der Waals surface area contributed by atoms with Crippen LogP contribution in [0, 0.1) is 5.92 Å². The number of hydrogen-bond donors (Lipinski definition) is 1. The van der Waals surface area contributed by atoms with Crippen LogP contribution < -0.4 is 5.73 Å². The molecule has 0 amide bonds. The van der Waals surface area contributed by atoms with Crippen LogP contribution in [-0.4, -0.2) is 33.7 Å². The molecule has 2 aliphatic rings. The molecule has 3 rings (SSSR count). The summed E-state index contributed by atoms with van der Waals surface area (Å²) in [6.07, 6.45) is 7.89. The van der Waals surface area contributed by atoms with E-state index in [-0.39, 0.29) is 0 Å². The van der Waals surface area contributed by atoms with Crippen molar-refractivity contribution in [2.45, 2.75) is 38.8 Å². The number of aromatic nitrogens is 2. The maximum absolute atomic E-state index is 6.00. The summed E-state index contributed by atoms with van der Waals surface area (Å²) in [5.74, 6) is 1.53. The SMILES string of the molecule is CCCn1cc(C2CN=C(N)N2CC2CC2)cn1. The topological polar surface area (TPSA) is 59.4 Å². The van der Waals surface area contributed by atoms with Crippen molar-refractivity contribution in [2.75, 3.05) is 13.1 Å². The van der Waals surface area contributed by atoms with E-state index in [0.29, 0.717) is 12.0 Å². The van der Waals surface area contributed by atoms with Crippen molar-refractivity contribution in [1.29, 1.82) is 0 Å². The Morgan fingerprint density at radius 1 is 1.44 bits per heavy atom. The molecule has 0 bridgehead atoms. The molecule has 1 aliphatic heterocycles. The van der Waals surface area contributed by atoms with Gasteiger partial charge in [0.1, 0.15) is 0 Å². The van der Waals surface area contributed by atoms with Gasteiger partial charge in [-0.3, -0.25) is 9.67 Å². The summed E-state index contributed by atoms with van der Waals surface area (Å²) >= 11 is 0. The van der Waals surface area contributed by atoms with Gasteiger partial charge in [0.2, 0.25) is 0 Å². The van der Waals surface area contributed by atoms with Crippen LogP contribution in [0.3, 0.4) is 0 Å². The van der Waals surface area contributed by atoms with Gasteiger partial charge in [-0.2, -0.15) is 5.10 Å². The lowest BCUT2D eigenvalue weighted by atomic mass is 10.1. The first-order valence-electron chi connectivity index (χ1n) is 6.87. The van der Waals surface area contributed by atoms with Crippen molar-refractivity contribution in [3.63, 3.8) is 0 Å². The van der Waals surface area contributed by atoms with Gasteiger partial charge in [-0.05, 0) is 25.2 Å². The van der Waals surface area contributed by atoms with Crippen molar-refractivity contribution < 1.29 is 0 Å². The lowest BCUT2D eigenvalue weighted by Gasteiger charge is -2.25. The van der Waals surface area contributed by atoms with E-state index in [9.17, 15) is 0 Å². The molecule has 2 N–H and O–H groups in total. The van der Waals surface area contributed by atoms with E-state index in [1.54, 1.807) is 0 Å². The van der Waals surface area contributed by atoms with E-state index in [1.807, 2.05) is 10.9 Å². The smallest absolute Gasteiger partial charge is 0.191 e. The average molecular weight is 247 g/mol. The maximum atomic E-state index is 6.00. The highest BCUT2D eigenvalue weighted by molar-refractivity contribution is 5.80. The van der Waals surface area contributed by atoms with Gasteiger partial charge in [0.25, 0.3) is 0 Å². The average Bonchev–Trinajstić information content (AvgIpc) is 2.94. The predicted octanol–water partition coefficient (Wildman–Crippen LogP) is 1.37. The molecule has 1 atom stereocenters. The van der Waals surface area contributed by atoms with Crippen LogP contribution in [0.1, 0.15) is 37.8 Å². The van der Waals surface area contributed by atoms with E-state index >= 15 is 0 Å². The van der Waals surface area contributed by atoms with Gasteiger partial charge in [0.05, 0.1) is 18.8 Å². The third kappa shape index (κ3) is 2.21. The highest BCUT2D eigenvalue weighted by Crippen LogP contribution is 2.34. The predicted molar refractivity (Wildman–Crippen MR) is 71.2 cm³/mol. The highest BCUT2D eigenvalue weighted by atomic mass is 15.3. The van der Waals surface area contributed by atoms with Crippen molar-refractivity contribution in [3.05, 3.63) is 18.0 Å². The number of nitrogens with two attached hydrogens (primary N) is 1. The summed E-state index contributed by atoms with van der Waals surface area (Å²) in [7, 11) is 0. The summed E-state index contributed by atoms with van der Waals surface area (Å²) < 4.78 is 2.01. The second-order valence-corrected chi connectivity index (χ2v) is 5.35. The van der Waals surface area contributed by atoms with Gasteiger partial charge in [-0.25, -0.2) is 0 Å². The Hall–Kier alpha value is -1.52. The van der Waals surface area contributed by atoms with Crippen LogP contribution >= 0.6 is 0 Å². The second-order valence-electron chi connectivity index (χ2n) is 5.35. The van der Waals surface area contributed by atoms with Gasteiger partial charge >= 0.3 is 0 Å². The van der Waals surface area contributed by atoms with Crippen LogP contribution in [0.4, 0.5) is 0 Å². The van der Waals surface area contributed by atoms with E-state index in [4.69, 9.17) is 5.73 Å². The highest BCUT2D eigenvalue weighted by Gasteiger charge is 2.33. The zero-order chi connectivity index (χ0) is 12.5. The van der Waals surface area contributed by atoms with Gasteiger partial charge in [-0.15, -0.1) is 0 Å². The standard InChI is InChI=1S/C13H21N5/c1-2-5-17-9-11(6-16-17)12-7-15-13(14)18(12)8-10-3-4-10/h6,9-10,12H,2-5,7-8H2,1H3,(H2,14,15). The minimum absolute atomic E-state index is 0.302. The molecule has 1 fully saturated rings. The molecule has 18 heavy (non-hydrogen) atoms. The third-order valence-corrected chi connectivity index (χ3v) is 3.74. The van der Waals surface area contributed by atoms with Gasteiger partial charge in [0, 0.05) is 24.8 Å². The number of rotatable bonds is 5. The van der Waals surface area contributed by atoms with Crippen molar-refractivity contribution >= 4 is 5.96 Å². The molecule has 5 nitrogen and oxygen atoms in total. The quantitative estimate of drug-likeness (QED) is 0.855. The first kappa shape index (κ1) is 11.6. The zero-order valence-electron chi connectivity index (χ0n) is 10.9. The summed E-state index contributed by atoms with van der Waals surface area (Å²) in [6, 6.07) is 0.302. The molecule has 0 saturated heterocycles. The van der Waals surface area contributed by atoms with Crippen LogP contribution in [0.15, 0.2) is 17.4 Å². The monoisotopic (exact) mass is 247 g/mol. The molecule has 1 unspecified atom stereocenters.